The highest BCUT2D eigenvalue weighted by atomic mass is 35.5. The van der Waals surface area contributed by atoms with E-state index in [1.165, 1.54) is 12.1 Å². The summed E-state index contributed by atoms with van der Waals surface area (Å²) in [7, 11) is 0. The lowest BCUT2D eigenvalue weighted by atomic mass is 10.1. The van der Waals surface area contributed by atoms with E-state index in [9.17, 15) is 14.0 Å². The number of carbonyl (C=O) groups is 2. The normalized spacial score (nSPS) is 16.8. The number of rotatable bonds is 4. The van der Waals surface area contributed by atoms with Gasteiger partial charge in [0.05, 0.1) is 23.2 Å². The van der Waals surface area contributed by atoms with Crippen molar-refractivity contribution in [3.05, 3.63) is 59.4 Å². The van der Waals surface area contributed by atoms with Gasteiger partial charge in [-0.2, -0.15) is 0 Å². The summed E-state index contributed by atoms with van der Waals surface area (Å²) in [5.74, 6) is -1.64. The number of carbonyl (C=O) groups excluding carboxylic acids is 2. The second kappa shape index (κ2) is 6.88. The number of amides is 2. The first-order chi connectivity index (χ1) is 11.5. The Labute approximate surface area is 143 Å². The molecule has 2 aromatic rings. The fourth-order valence-corrected chi connectivity index (χ4v) is 2.64. The molecule has 1 saturated heterocycles. The third kappa shape index (κ3) is 3.65. The molecule has 1 aliphatic heterocycles. The van der Waals surface area contributed by atoms with Crippen LogP contribution in [-0.4, -0.2) is 18.4 Å². The smallest absolute Gasteiger partial charge is 0.243 e. The number of nitrogens with one attached hydrogen (secondary N) is 2. The molecule has 2 N–H and O–H groups in total. The van der Waals surface area contributed by atoms with E-state index in [0.717, 1.165) is 11.8 Å². The minimum Gasteiger partial charge on any atom is -0.326 e. The van der Waals surface area contributed by atoms with Gasteiger partial charge in [-0.3, -0.25) is 20.0 Å². The van der Waals surface area contributed by atoms with E-state index in [0.29, 0.717) is 12.2 Å². The molecule has 1 fully saturated rings. The molecule has 0 aromatic heterocycles. The lowest BCUT2D eigenvalue weighted by molar-refractivity contribution is -0.126. The van der Waals surface area contributed by atoms with E-state index >= 15 is 0 Å². The quantitative estimate of drug-likeness (QED) is 0.893. The van der Waals surface area contributed by atoms with Gasteiger partial charge in [0.15, 0.2) is 0 Å². The van der Waals surface area contributed by atoms with Crippen LogP contribution in [0.15, 0.2) is 48.5 Å². The molecule has 1 heterocycles. The highest BCUT2D eigenvalue weighted by Crippen LogP contribution is 2.22. The lowest BCUT2D eigenvalue weighted by Crippen LogP contribution is -2.32. The van der Waals surface area contributed by atoms with E-state index in [2.05, 4.69) is 10.7 Å². The molecule has 2 aromatic carbocycles. The molecule has 0 radical (unpaired) electrons. The summed E-state index contributed by atoms with van der Waals surface area (Å²) >= 11 is 5.60. The summed E-state index contributed by atoms with van der Waals surface area (Å²) in [5, 5.41) is 4.27. The van der Waals surface area contributed by atoms with Crippen molar-refractivity contribution in [2.45, 2.75) is 6.42 Å². The van der Waals surface area contributed by atoms with Crippen LogP contribution in [0.3, 0.4) is 0 Å². The average molecular weight is 348 g/mol. The maximum atomic E-state index is 13.4. The molecule has 24 heavy (non-hydrogen) atoms. The zero-order valence-electron chi connectivity index (χ0n) is 12.6. The Morgan fingerprint density at radius 1 is 1.29 bits per heavy atom. The first-order valence-electron chi connectivity index (χ1n) is 7.41. The Morgan fingerprint density at radius 2 is 2.04 bits per heavy atom. The van der Waals surface area contributed by atoms with E-state index in [-0.39, 0.29) is 23.3 Å². The number of nitrogens with zero attached hydrogens (tertiary/aromatic N) is 1. The molecule has 7 heteroatoms. The van der Waals surface area contributed by atoms with Gasteiger partial charge in [0, 0.05) is 12.1 Å². The predicted molar refractivity (Wildman–Crippen MR) is 90.1 cm³/mol. The van der Waals surface area contributed by atoms with Crippen LogP contribution in [0.4, 0.5) is 15.8 Å². The summed E-state index contributed by atoms with van der Waals surface area (Å²) in [6.45, 7) is 0.394. The zero-order chi connectivity index (χ0) is 17.1. The van der Waals surface area contributed by atoms with Crippen LogP contribution in [0, 0.1) is 11.7 Å². The van der Waals surface area contributed by atoms with E-state index in [1.54, 1.807) is 5.01 Å². The van der Waals surface area contributed by atoms with Crippen molar-refractivity contribution in [3.8, 4) is 0 Å². The molecule has 1 atom stereocenters. The molecule has 124 valence electrons. The van der Waals surface area contributed by atoms with Crippen molar-refractivity contribution in [3.63, 3.8) is 0 Å². The van der Waals surface area contributed by atoms with Gasteiger partial charge in [-0.1, -0.05) is 29.8 Å². The molecule has 0 aliphatic carbocycles. The summed E-state index contributed by atoms with van der Waals surface area (Å²) in [5.41, 5.74) is 3.90. The average Bonchev–Trinajstić information content (AvgIpc) is 2.93. The molecule has 0 spiro atoms. The molecule has 3 rings (SSSR count). The number of anilines is 2. The zero-order valence-corrected chi connectivity index (χ0v) is 13.4. The second-order valence-electron chi connectivity index (χ2n) is 5.50. The molecule has 1 aliphatic rings. The Balaban J connectivity index is 1.60. The third-order valence-corrected chi connectivity index (χ3v) is 4.03. The first-order valence-corrected chi connectivity index (χ1v) is 7.79. The van der Waals surface area contributed by atoms with Crippen molar-refractivity contribution in [1.82, 2.24) is 5.43 Å². The van der Waals surface area contributed by atoms with Gasteiger partial charge in [0.1, 0.15) is 5.82 Å². The summed E-state index contributed by atoms with van der Waals surface area (Å²) < 4.78 is 13.4. The van der Waals surface area contributed by atoms with Gasteiger partial charge < -0.3 is 5.32 Å². The van der Waals surface area contributed by atoms with Crippen molar-refractivity contribution in [1.29, 1.82) is 0 Å². The fourth-order valence-electron chi connectivity index (χ4n) is 2.52. The minimum atomic E-state index is -0.608. The van der Waals surface area contributed by atoms with Crippen molar-refractivity contribution in [2.24, 2.45) is 5.92 Å². The summed E-state index contributed by atoms with van der Waals surface area (Å²) in [6, 6.07) is 13.4. The van der Waals surface area contributed by atoms with Crippen LogP contribution in [0.5, 0.6) is 0 Å². The van der Waals surface area contributed by atoms with Crippen LogP contribution < -0.4 is 15.8 Å². The van der Waals surface area contributed by atoms with Crippen molar-refractivity contribution in [2.75, 3.05) is 16.9 Å². The molecular formula is C17H15ClFN3O2. The molecule has 5 nitrogen and oxygen atoms in total. The molecule has 2 amide bonds. The number of halogens is 2. The van der Waals surface area contributed by atoms with Crippen LogP contribution in [0.1, 0.15) is 6.42 Å². The molecular weight excluding hydrogens is 333 g/mol. The van der Waals surface area contributed by atoms with Crippen molar-refractivity contribution >= 4 is 34.8 Å². The number of benzene rings is 2. The number of hydrogen-bond donors (Lipinski definition) is 2. The second-order valence-corrected chi connectivity index (χ2v) is 5.91. The Hall–Kier alpha value is -2.60. The van der Waals surface area contributed by atoms with Crippen LogP contribution >= 0.6 is 11.6 Å². The fraction of sp³-hybridized carbons (Fsp3) is 0.176. The van der Waals surface area contributed by atoms with Crippen LogP contribution in [0.2, 0.25) is 5.02 Å². The molecule has 0 bridgehead atoms. The number of hydrazine groups is 1. The van der Waals surface area contributed by atoms with Gasteiger partial charge in [0.2, 0.25) is 11.8 Å². The topological polar surface area (TPSA) is 61.4 Å². The van der Waals surface area contributed by atoms with Crippen molar-refractivity contribution < 1.29 is 14.0 Å². The first kappa shape index (κ1) is 16.3. The third-order valence-electron chi connectivity index (χ3n) is 3.72. The highest BCUT2D eigenvalue weighted by molar-refractivity contribution is 6.30. The van der Waals surface area contributed by atoms with Gasteiger partial charge in [0.25, 0.3) is 0 Å². The Morgan fingerprint density at radius 3 is 2.75 bits per heavy atom. The van der Waals surface area contributed by atoms with Gasteiger partial charge in [-0.15, -0.1) is 0 Å². The summed E-state index contributed by atoms with van der Waals surface area (Å²) in [4.78, 5) is 24.1. The van der Waals surface area contributed by atoms with Gasteiger partial charge >= 0.3 is 0 Å². The molecule has 1 unspecified atom stereocenters. The van der Waals surface area contributed by atoms with E-state index in [1.807, 2.05) is 30.3 Å². The predicted octanol–water partition coefficient (Wildman–Crippen LogP) is 2.98. The van der Waals surface area contributed by atoms with Crippen LogP contribution in [-0.2, 0) is 9.59 Å². The highest BCUT2D eigenvalue weighted by Gasteiger charge is 2.32. The minimum absolute atomic E-state index is 0.0123. The lowest BCUT2D eigenvalue weighted by Gasteiger charge is -2.17. The van der Waals surface area contributed by atoms with E-state index < -0.39 is 11.7 Å². The summed E-state index contributed by atoms with van der Waals surface area (Å²) in [6.07, 6.45) is 0.0133. The monoisotopic (exact) mass is 347 g/mol. The van der Waals surface area contributed by atoms with Gasteiger partial charge in [-0.05, 0) is 30.3 Å². The maximum absolute atomic E-state index is 13.4. The van der Waals surface area contributed by atoms with Gasteiger partial charge in [-0.25, -0.2) is 4.39 Å². The Kier molecular flexibility index (Phi) is 4.66. The largest absolute Gasteiger partial charge is 0.326 e. The standard InChI is InChI=1S/C17H15ClFN3O2/c18-14-7-6-12(9-15(14)19)20-16(23)8-11-10-22(21-17(11)24)13-4-2-1-3-5-13/h1-7,9,11H,8,10H2,(H,20,23)(H,21,24). The SMILES string of the molecule is O=C(CC1CN(c2ccccc2)NC1=O)Nc1ccc(Cl)c(F)c1. The molecule has 0 saturated carbocycles. The van der Waals surface area contributed by atoms with Crippen LogP contribution in [0.25, 0.3) is 0 Å². The number of para-hydroxylation sites is 1. The number of hydrogen-bond acceptors (Lipinski definition) is 3. The maximum Gasteiger partial charge on any atom is 0.243 e. The Bertz CT molecular complexity index is 770. The van der Waals surface area contributed by atoms with E-state index in [4.69, 9.17) is 11.6 Å².